The molecule has 1 aliphatic heterocycles. The van der Waals surface area contributed by atoms with Crippen molar-refractivity contribution in [3.8, 4) is 17.2 Å². The second-order valence-corrected chi connectivity index (χ2v) is 7.56. The molecule has 0 unspecified atom stereocenters. The predicted molar refractivity (Wildman–Crippen MR) is 108 cm³/mol. The van der Waals surface area contributed by atoms with Crippen molar-refractivity contribution < 1.29 is 23.8 Å². The smallest absolute Gasteiger partial charge is 0.251 e. The Morgan fingerprint density at radius 3 is 2.39 bits per heavy atom. The summed E-state index contributed by atoms with van der Waals surface area (Å²) < 4.78 is 16.0. The summed E-state index contributed by atoms with van der Waals surface area (Å²) in [4.78, 5) is 25.4. The van der Waals surface area contributed by atoms with Crippen LogP contribution in [0.3, 0.4) is 0 Å². The molecule has 0 saturated carbocycles. The standard InChI is InChI=1S/C20H22N2O5S/c1-11-19(23)22-14-9-13(5-6-17(14)28-11)20(24)21-10-12-7-15(25-2)18(27-4)16(8-12)26-3/h5-9,11H,10H2,1-4H3,(H,21,24)(H,22,23)/t11-/m0/s1. The Balaban J connectivity index is 1.74. The van der Waals surface area contributed by atoms with Gasteiger partial charge < -0.3 is 24.8 Å². The van der Waals surface area contributed by atoms with Crippen molar-refractivity contribution in [3.63, 3.8) is 0 Å². The number of ether oxygens (including phenoxy) is 3. The first kappa shape index (κ1) is 19.9. The van der Waals surface area contributed by atoms with Gasteiger partial charge in [0.2, 0.25) is 11.7 Å². The van der Waals surface area contributed by atoms with Crippen LogP contribution in [0.4, 0.5) is 5.69 Å². The molecule has 0 aromatic heterocycles. The van der Waals surface area contributed by atoms with Crippen LogP contribution in [0.25, 0.3) is 0 Å². The van der Waals surface area contributed by atoms with Crippen LogP contribution in [0.15, 0.2) is 35.2 Å². The third-order valence-corrected chi connectivity index (χ3v) is 5.53. The van der Waals surface area contributed by atoms with Gasteiger partial charge in [-0.25, -0.2) is 0 Å². The summed E-state index contributed by atoms with van der Waals surface area (Å²) in [7, 11) is 4.62. The van der Waals surface area contributed by atoms with E-state index >= 15 is 0 Å². The Hall–Kier alpha value is -2.87. The average molecular weight is 402 g/mol. The van der Waals surface area contributed by atoms with Gasteiger partial charge in [-0.3, -0.25) is 9.59 Å². The first-order valence-electron chi connectivity index (χ1n) is 8.65. The Morgan fingerprint density at radius 2 is 1.79 bits per heavy atom. The number of fused-ring (bicyclic) bond motifs is 1. The van der Waals surface area contributed by atoms with Gasteiger partial charge in [-0.15, -0.1) is 11.8 Å². The summed E-state index contributed by atoms with van der Waals surface area (Å²) in [6.45, 7) is 2.13. The SMILES string of the molecule is COc1cc(CNC(=O)c2ccc3c(c2)NC(=O)[C@H](C)S3)cc(OC)c1OC. The number of benzene rings is 2. The quantitative estimate of drug-likeness (QED) is 0.772. The van der Waals surface area contributed by atoms with Crippen LogP contribution in [0.1, 0.15) is 22.8 Å². The van der Waals surface area contributed by atoms with Crippen LogP contribution >= 0.6 is 11.8 Å². The zero-order chi connectivity index (χ0) is 20.3. The summed E-state index contributed by atoms with van der Waals surface area (Å²) in [6, 6.07) is 8.86. The van der Waals surface area contributed by atoms with Gasteiger partial charge in [-0.2, -0.15) is 0 Å². The predicted octanol–water partition coefficient (Wildman–Crippen LogP) is 3.08. The number of methoxy groups -OCH3 is 3. The minimum absolute atomic E-state index is 0.0625. The van der Waals surface area contributed by atoms with Gasteiger partial charge in [0.25, 0.3) is 5.91 Å². The maximum Gasteiger partial charge on any atom is 0.251 e. The van der Waals surface area contributed by atoms with Crippen LogP contribution in [-0.4, -0.2) is 38.4 Å². The number of thioether (sulfide) groups is 1. The maximum atomic E-state index is 12.6. The molecule has 0 fully saturated rings. The molecule has 0 radical (unpaired) electrons. The summed E-state index contributed by atoms with van der Waals surface area (Å²) in [5.41, 5.74) is 1.94. The van der Waals surface area contributed by atoms with Crippen LogP contribution in [0.5, 0.6) is 17.2 Å². The molecule has 2 amide bonds. The zero-order valence-electron chi connectivity index (χ0n) is 16.1. The molecule has 0 spiro atoms. The monoisotopic (exact) mass is 402 g/mol. The number of hydrogen-bond acceptors (Lipinski definition) is 6. The summed E-state index contributed by atoms with van der Waals surface area (Å²) in [6.07, 6.45) is 0. The molecule has 7 nitrogen and oxygen atoms in total. The van der Waals surface area contributed by atoms with E-state index in [1.165, 1.54) is 18.9 Å². The lowest BCUT2D eigenvalue weighted by molar-refractivity contribution is -0.115. The highest BCUT2D eigenvalue weighted by Gasteiger charge is 2.23. The van der Waals surface area contributed by atoms with E-state index in [0.717, 1.165) is 10.5 Å². The number of anilines is 1. The van der Waals surface area contributed by atoms with Gasteiger partial charge >= 0.3 is 0 Å². The van der Waals surface area contributed by atoms with Gasteiger partial charge in [0.1, 0.15) is 0 Å². The van der Waals surface area contributed by atoms with E-state index in [9.17, 15) is 9.59 Å². The fourth-order valence-corrected chi connectivity index (χ4v) is 3.80. The van der Waals surface area contributed by atoms with E-state index in [-0.39, 0.29) is 23.6 Å². The van der Waals surface area contributed by atoms with E-state index in [0.29, 0.717) is 28.5 Å². The van der Waals surface area contributed by atoms with Crippen LogP contribution in [0.2, 0.25) is 0 Å². The molecule has 2 aromatic carbocycles. The molecule has 1 atom stereocenters. The van der Waals surface area contributed by atoms with Crippen molar-refractivity contribution in [2.75, 3.05) is 26.6 Å². The van der Waals surface area contributed by atoms with Crippen molar-refractivity contribution in [2.24, 2.45) is 0 Å². The molecule has 1 heterocycles. The molecule has 28 heavy (non-hydrogen) atoms. The van der Waals surface area contributed by atoms with E-state index in [2.05, 4.69) is 10.6 Å². The minimum atomic E-state index is -0.241. The van der Waals surface area contributed by atoms with Crippen LogP contribution in [-0.2, 0) is 11.3 Å². The lowest BCUT2D eigenvalue weighted by Crippen LogP contribution is -2.27. The lowest BCUT2D eigenvalue weighted by Gasteiger charge is -2.21. The number of carbonyl (C=O) groups is 2. The van der Waals surface area contributed by atoms with Crippen molar-refractivity contribution in [1.29, 1.82) is 0 Å². The highest BCUT2D eigenvalue weighted by molar-refractivity contribution is 8.00. The molecule has 1 aliphatic rings. The molecule has 148 valence electrons. The van der Waals surface area contributed by atoms with E-state index in [1.54, 1.807) is 38.5 Å². The minimum Gasteiger partial charge on any atom is -0.493 e. The number of amides is 2. The molecule has 2 N–H and O–H groups in total. The number of rotatable bonds is 6. The Bertz CT molecular complexity index is 890. The second kappa shape index (κ2) is 8.43. The molecular weight excluding hydrogens is 380 g/mol. The van der Waals surface area contributed by atoms with Crippen molar-refractivity contribution >= 4 is 29.3 Å². The van der Waals surface area contributed by atoms with Crippen molar-refractivity contribution in [2.45, 2.75) is 23.6 Å². The zero-order valence-corrected chi connectivity index (χ0v) is 16.9. The molecule has 3 rings (SSSR count). The molecule has 0 aliphatic carbocycles. The highest BCUT2D eigenvalue weighted by Crippen LogP contribution is 2.38. The average Bonchev–Trinajstić information content (AvgIpc) is 2.71. The molecule has 0 bridgehead atoms. The number of nitrogens with one attached hydrogen (secondary N) is 2. The van der Waals surface area contributed by atoms with Crippen LogP contribution < -0.4 is 24.8 Å². The normalized spacial score (nSPS) is 15.3. The van der Waals surface area contributed by atoms with Gasteiger partial charge in [0.05, 0.1) is 32.3 Å². The Labute approximate surface area is 167 Å². The summed E-state index contributed by atoms with van der Waals surface area (Å²) in [5.74, 6) is 1.24. The third-order valence-electron chi connectivity index (χ3n) is 4.35. The van der Waals surface area contributed by atoms with E-state index in [4.69, 9.17) is 14.2 Å². The van der Waals surface area contributed by atoms with Crippen molar-refractivity contribution in [3.05, 3.63) is 41.5 Å². The maximum absolute atomic E-state index is 12.6. The van der Waals surface area contributed by atoms with Gasteiger partial charge in [-0.05, 0) is 42.8 Å². The molecular formula is C20H22N2O5S. The third kappa shape index (κ3) is 4.01. The van der Waals surface area contributed by atoms with E-state index < -0.39 is 0 Å². The molecule has 0 saturated heterocycles. The van der Waals surface area contributed by atoms with Gasteiger partial charge in [0, 0.05) is 17.0 Å². The van der Waals surface area contributed by atoms with Crippen LogP contribution in [0, 0.1) is 0 Å². The first-order chi connectivity index (χ1) is 13.5. The molecule has 8 heteroatoms. The topological polar surface area (TPSA) is 85.9 Å². The summed E-state index contributed by atoms with van der Waals surface area (Å²) >= 11 is 1.48. The highest BCUT2D eigenvalue weighted by atomic mass is 32.2. The fourth-order valence-electron chi connectivity index (χ4n) is 2.87. The largest absolute Gasteiger partial charge is 0.493 e. The first-order valence-corrected chi connectivity index (χ1v) is 9.53. The Kier molecular flexibility index (Phi) is 5.99. The van der Waals surface area contributed by atoms with Crippen molar-refractivity contribution in [1.82, 2.24) is 5.32 Å². The number of carbonyl (C=O) groups excluding carboxylic acids is 2. The van der Waals surface area contributed by atoms with Gasteiger partial charge in [-0.1, -0.05) is 0 Å². The fraction of sp³-hybridized carbons (Fsp3) is 0.300. The summed E-state index contributed by atoms with van der Waals surface area (Å²) in [5, 5.41) is 5.56. The van der Waals surface area contributed by atoms with E-state index in [1.807, 2.05) is 13.0 Å². The molecule has 2 aromatic rings. The Morgan fingerprint density at radius 1 is 1.11 bits per heavy atom. The number of hydrogen-bond donors (Lipinski definition) is 2. The lowest BCUT2D eigenvalue weighted by atomic mass is 10.1. The second-order valence-electron chi connectivity index (χ2n) is 6.18. The van der Waals surface area contributed by atoms with Gasteiger partial charge in [0.15, 0.2) is 11.5 Å².